The molecule has 0 fully saturated rings. The van der Waals surface area contributed by atoms with Crippen molar-refractivity contribution in [2.24, 2.45) is 7.05 Å². The number of methoxy groups -OCH3 is 1. The quantitative estimate of drug-likeness (QED) is 0.502. The molecule has 0 atom stereocenters. The van der Waals surface area contributed by atoms with Crippen LogP contribution in [0, 0.1) is 0 Å². The second-order valence-electron chi connectivity index (χ2n) is 6.01. The summed E-state index contributed by atoms with van der Waals surface area (Å²) in [6.07, 6.45) is -1.28. The van der Waals surface area contributed by atoms with Crippen molar-refractivity contribution in [3.8, 4) is 5.69 Å². The smallest absolute Gasteiger partial charge is 0.416 e. The van der Waals surface area contributed by atoms with E-state index in [9.17, 15) is 18.0 Å². The third kappa shape index (κ3) is 2.71. The summed E-state index contributed by atoms with van der Waals surface area (Å²) in [4.78, 5) is 16.1. The summed E-state index contributed by atoms with van der Waals surface area (Å²) in [5, 5.41) is 5.77. The zero-order chi connectivity index (χ0) is 19.3. The van der Waals surface area contributed by atoms with E-state index in [4.69, 9.17) is 4.74 Å². The monoisotopic (exact) mass is 374 g/mol. The number of alkyl halides is 3. The van der Waals surface area contributed by atoms with Gasteiger partial charge in [0.25, 0.3) is 0 Å². The van der Waals surface area contributed by atoms with E-state index in [1.165, 1.54) is 25.4 Å². The summed E-state index contributed by atoms with van der Waals surface area (Å²) >= 11 is 0. The van der Waals surface area contributed by atoms with Gasteiger partial charge >= 0.3 is 12.1 Å². The maximum Gasteiger partial charge on any atom is 0.416 e. The Hall–Kier alpha value is -3.36. The predicted octanol–water partition coefficient (Wildman–Crippen LogP) is 3.72. The van der Waals surface area contributed by atoms with Crippen LogP contribution in [0.3, 0.4) is 0 Å². The molecule has 0 unspecified atom stereocenters. The van der Waals surface area contributed by atoms with Crippen molar-refractivity contribution in [2.75, 3.05) is 7.11 Å². The van der Waals surface area contributed by atoms with Gasteiger partial charge < -0.3 is 4.74 Å². The van der Waals surface area contributed by atoms with Crippen molar-refractivity contribution >= 4 is 28.0 Å². The summed E-state index contributed by atoms with van der Waals surface area (Å²) in [6, 6.07) is 6.40. The topological polar surface area (TPSA) is 61.9 Å². The van der Waals surface area contributed by atoms with Crippen LogP contribution in [0.25, 0.3) is 27.8 Å². The van der Waals surface area contributed by atoms with Crippen LogP contribution in [-0.4, -0.2) is 32.4 Å². The summed E-state index contributed by atoms with van der Waals surface area (Å²) in [5.41, 5.74) is 1.04. The lowest BCUT2D eigenvalue weighted by Crippen LogP contribution is -2.06. The van der Waals surface area contributed by atoms with Gasteiger partial charge in [-0.25, -0.2) is 9.78 Å². The van der Waals surface area contributed by atoms with Crippen molar-refractivity contribution in [3.05, 3.63) is 53.9 Å². The van der Waals surface area contributed by atoms with Crippen LogP contribution in [0.2, 0.25) is 0 Å². The fourth-order valence-corrected chi connectivity index (χ4v) is 3.04. The molecule has 6 nitrogen and oxygen atoms in total. The van der Waals surface area contributed by atoms with E-state index in [1.54, 1.807) is 28.6 Å². The average Bonchev–Trinajstić information content (AvgIpc) is 3.14. The largest absolute Gasteiger partial charge is 0.465 e. The Morgan fingerprint density at radius 3 is 2.44 bits per heavy atom. The highest BCUT2D eigenvalue weighted by Gasteiger charge is 2.30. The number of pyridine rings is 1. The third-order valence-electron chi connectivity index (χ3n) is 4.26. The molecule has 0 spiro atoms. The van der Waals surface area contributed by atoms with Gasteiger partial charge in [-0.15, -0.1) is 0 Å². The molecule has 0 saturated heterocycles. The predicted molar refractivity (Wildman–Crippen MR) is 91.7 cm³/mol. The van der Waals surface area contributed by atoms with E-state index in [-0.39, 0.29) is 5.56 Å². The molecule has 4 rings (SSSR count). The summed E-state index contributed by atoms with van der Waals surface area (Å²) in [6.45, 7) is 0. The number of esters is 1. The van der Waals surface area contributed by atoms with E-state index in [0.717, 1.165) is 17.5 Å². The fraction of sp³-hybridized carbons (Fsp3) is 0.167. The van der Waals surface area contributed by atoms with Crippen molar-refractivity contribution < 1.29 is 22.7 Å². The number of rotatable bonds is 2. The van der Waals surface area contributed by atoms with E-state index in [2.05, 4.69) is 10.1 Å². The van der Waals surface area contributed by atoms with Crippen LogP contribution < -0.4 is 0 Å². The van der Waals surface area contributed by atoms with E-state index < -0.39 is 17.7 Å². The second kappa shape index (κ2) is 5.83. The molecule has 0 amide bonds. The SMILES string of the molecule is COC(=O)c1cnc2c(c1)c1cn(C)nc1n2-c1ccc(C(F)(F)F)cc1. The van der Waals surface area contributed by atoms with Crippen LogP contribution in [0.15, 0.2) is 42.7 Å². The van der Waals surface area contributed by atoms with Gasteiger partial charge in [0.05, 0.1) is 18.2 Å². The Labute approximate surface area is 150 Å². The summed E-state index contributed by atoms with van der Waals surface area (Å²) < 4.78 is 46.5. The Balaban J connectivity index is 1.97. The average molecular weight is 374 g/mol. The van der Waals surface area contributed by atoms with Crippen LogP contribution in [0.4, 0.5) is 13.2 Å². The number of aromatic nitrogens is 4. The standard InChI is InChI=1S/C18H13F3N4O2/c1-24-9-14-13-7-10(17(26)27-2)8-22-15(13)25(16(14)23-24)12-5-3-11(4-6-12)18(19,20)21/h3-9H,1-2H3. The highest BCUT2D eigenvalue weighted by Crippen LogP contribution is 2.33. The van der Waals surface area contributed by atoms with Gasteiger partial charge in [-0.3, -0.25) is 9.25 Å². The van der Waals surface area contributed by atoms with Gasteiger partial charge in [0.15, 0.2) is 5.65 Å². The van der Waals surface area contributed by atoms with Crippen LogP contribution in [0.1, 0.15) is 15.9 Å². The zero-order valence-electron chi connectivity index (χ0n) is 14.3. The highest BCUT2D eigenvalue weighted by atomic mass is 19.4. The number of hydrogen-bond donors (Lipinski definition) is 0. The van der Waals surface area contributed by atoms with Gasteiger partial charge in [-0.05, 0) is 30.3 Å². The van der Waals surface area contributed by atoms with Gasteiger partial charge in [0.1, 0.15) is 5.65 Å². The number of carbonyl (C=O) groups is 1. The molecule has 9 heteroatoms. The molecule has 0 aliphatic heterocycles. The minimum Gasteiger partial charge on any atom is -0.465 e. The molecule has 3 aromatic heterocycles. The molecule has 1 aromatic carbocycles. The molecule has 138 valence electrons. The molecule has 0 aliphatic carbocycles. The minimum absolute atomic E-state index is 0.278. The minimum atomic E-state index is -4.41. The first kappa shape index (κ1) is 17.1. The van der Waals surface area contributed by atoms with Gasteiger partial charge in [0.2, 0.25) is 0 Å². The molecule has 0 bridgehead atoms. The lowest BCUT2D eigenvalue weighted by molar-refractivity contribution is -0.137. The Kier molecular flexibility index (Phi) is 3.69. The first-order chi connectivity index (χ1) is 12.8. The van der Waals surface area contributed by atoms with Crippen molar-refractivity contribution in [1.82, 2.24) is 19.3 Å². The number of benzene rings is 1. The van der Waals surface area contributed by atoms with E-state index in [0.29, 0.717) is 22.4 Å². The van der Waals surface area contributed by atoms with Gasteiger partial charge in [-0.1, -0.05) is 0 Å². The molecular weight excluding hydrogens is 361 g/mol. The number of nitrogens with zero attached hydrogens (tertiary/aromatic N) is 4. The lowest BCUT2D eigenvalue weighted by Gasteiger charge is -2.09. The van der Waals surface area contributed by atoms with Crippen molar-refractivity contribution in [3.63, 3.8) is 0 Å². The highest BCUT2D eigenvalue weighted by molar-refractivity contribution is 6.08. The Morgan fingerprint density at radius 1 is 1.11 bits per heavy atom. The van der Waals surface area contributed by atoms with Crippen LogP contribution in [-0.2, 0) is 18.0 Å². The number of halogens is 3. The normalized spacial score (nSPS) is 12.0. The lowest BCUT2D eigenvalue weighted by atomic mass is 10.2. The molecule has 0 saturated carbocycles. The van der Waals surface area contributed by atoms with Gasteiger partial charge in [0, 0.05) is 35.9 Å². The second-order valence-corrected chi connectivity index (χ2v) is 6.01. The van der Waals surface area contributed by atoms with Crippen LogP contribution in [0.5, 0.6) is 0 Å². The maximum absolute atomic E-state index is 12.8. The van der Waals surface area contributed by atoms with Crippen LogP contribution >= 0.6 is 0 Å². The van der Waals surface area contributed by atoms with Gasteiger partial charge in [-0.2, -0.15) is 18.3 Å². The fourth-order valence-electron chi connectivity index (χ4n) is 3.04. The number of hydrogen-bond acceptors (Lipinski definition) is 4. The Morgan fingerprint density at radius 2 is 1.81 bits per heavy atom. The molecule has 0 aliphatic rings. The van der Waals surface area contributed by atoms with E-state index >= 15 is 0 Å². The molecular formula is C18H13F3N4O2. The molecule has 0 N–H and O–H groups in total. The maximum atomic E-state index is 12.8. The summed E-state index contributed by atoms with van der Waals surface area (Å²) in [7, 11) is 3.01. The summed E-state index contributed by atoms with van der Waals surface area (Å²) in [5.74, 6) is -0.524. The number of ether oxygens (including phenoxy) is 1. The molecule has 4 aromatic rings. The van der Waals surface area contributed by atoms with Crippen molar-refractivity contribution in [1.29, 1.82) is 0 Å². The third-order valence-corrected chi connectivity index (χ3v) is 4.26. The first-order valence-corrected chi connectivity index (χ1v) is 7.89. The Bertz CT molecular complexity index is 1170. The van der Waals surface area contributed by atoms with E-state index in [1.807, 2.05) is 0 Å². The molecule has 3 heterocycles. The number of carbonyl (C=O) groups excluding carboxylic acids is 1. The molecule has 27 heavy (non-hydrogen) atoms. The number of fused-ring (bicyclic) bond motifs is 3. The first-order valence-electron chi connectivity index (χ1n) is 7.89. The van der Waals surface area contributed by atoms with Crippen molar-refractivity contribution in [2.45, 2.75) is 6.18 Å². The molecule has 0 radical (unpaired) electrons. The number of aryl methyl sites for hydroxylation is 1. The zero-order valence-corrected chi connectivity index (χ0v) is 14.3.